The van der Waals surface area contributed by atoms with Crippen LogP contribution in [0.5, 0.6) is 0 Å². The predicted molar refractivity (Wildman–Crippen MR) is 67.2 cm³/mol. The summed E-state index contributed by atoms with van der Waals surface area (Å²) in [7, 11) is 0. The number of hydrogen-bond donors (Lipinski definition) is 1. The van der Waals surface area contributed by atoms with Gasteiger partial charge in [0.15, 0.2) is 0 Å². The van der Waals surface area contributed by atoms with Crippen LogP contribution in [-0.2, 0) is 4.74 Å². The molecule has 0 saturated heterocycles. The lowest BCUT2D eigenvalue weighted by atomic mass is 10.1. The van der Waals surface area contributed by atoms with Gasteiger partial charge in [0, 0.05) is 19.3 Å². The highest BCUT2D eigenvalue weighted by molar-refractivity contribution is 4.90. The second kappa shape index (κ2) is 9.62. The molecule has 0 fully saturated rings. The quantitative estimate of drug-likeness (QED) is 0.615. The van der Waals surface area contributed by atoms with Crippen molar-refractivity contribution in [1.29, 1.82) is 5.26 Å². The van der Waals surface area contributed by atoms with Gasteiger partial charge >= 0.3 is 0 Å². The first-order valence-corrected chi connectivity index (χ1v) is 6.29. The van der Waals surface area contributed by atoms with Crippen molar-refractivity contribution in [2.45, 2.75) is 59.0 Å². The first kappa shape index (κ1) is 15.4. The van der Waals surface area contributed by atoms with Crippen molar-refractivity contribution in [2.24, 2.45) is 5.92 Å². The van der Waals surface area contributed by atoms with E-state index in [1.54, 1.807) is 0 Å². The van der Waals surface area contributed by atoms with Gasteiger partial charge in [-0.3, -0.25) is 5.32 Å². The standard InChI is InChI=1S/C13H26N2O/c1-11(2)6-5-8-16-9-7-13(10-14)15-12(3)4/h11-13,15H,5-9H2,1-4H3. The second-order valence-corrected chi connectivity index (χ2v) is 4.94. The molecular formula is C13H26N2O. The van der Waals surface area contributed by atoms with Crippen LogP contribution in [0.25, 0.3) is 0 Å². The average molecular weight is 226 g/mol. The van der Waals surface area contributed by atoms with Crippen molar-refractivity contribution >= 4 is 0 Å². The van der Waals surface area contributed by atoms with Crippen LogP contribution in [0, 0.1) is 17.2 Å². The van der Waals surface area contributed by atoms with Crippen molar-refractivity contribution in [3.8, 4) is 6.07 Å². The molecule has 0 rings (SSSR count). The van der Waals surface area contributed by atoms with Gasteiger partial charge in [-0.2, -0.15) is 5.26 Å². The molecule has 0 aromatic rings. The Morgan fingerprint density at radius 1 is 1.12 bits per heavy atom. The summed E-state index contributed by atoms with van der Waals surface area (Å²) in [6, 6.07) is 2.53. The van der Waals surface area contributed by atoms with E-state index in [0.717, 1.165) is 25.4 Å². The summed E-state index contributed by atoms with van der Waals surface area (Å²) in [6.45, 7) is 10.0. The molecule has 0 aromatic carbocycles. The third kappa shape index (κ3) is 9.95. The maximum Gasteiger partial charge on any atom is 0.0976 e. The molecule has 16 heavy (non-hydrogen) atoms. The monoisotopic (exact) mass is 226 g/mol. The van der Waals surface area contributed by atoms with Crippen molar-refractivity contribution in [3.05, 3.63) is 0 Å². The summed E-state index contributed by atoms with van der Waals surface area (Å²) in [5.74, 6) is 0.748. The molecule has 94 valence electrons. The zero-order valence-electron chi connectivity index (χ0n) is 11.1. The lowest BCUT2D eigenvalue weighted by Crippen LogP contribution is -2.34. The zero-order valence-corrected chi connectivity index (χ0v) is 11.1. The highest BCUT2D eigenvalue weighted by Gasteiger charge is 2.07. The number of nitriles is 1. The molecule has 0 aliphatic rings. The van der Waals surface area contributed by atoms with E-state index in [1.165, 1.54) is 6.42 Å². The Morgan fingerprint density at radius 2 is 1.81 bits per heavy atom. The number of rotatable bonds is 9. The van der Waals surface area contributed by atoms with Crippen LogP contribution in [0.1, 0.15) is 47.0 Å². The maximum atomic E-state index is 8.88. The Morgan fingerprint density at radius 3 is 2.31 bits per heavy atom. The molecule has 0 aliphatic heterocycles. The summed E-state index contributed by atoms with van der Waals surface area (Å²) in [4.78, 5) is 0. The molecule has 0 radical (unpaired) electrons. The molecule has 0 aromatic heterocycles. The van der Waals surface area contributed by atoms with Crippen LogP contribution in [0.2, 0.25) is 0 Å². The van der Waals surface area contributed by atoms with Crippen molar-refractivity contribution in [1.82, 2.24) is 5.32 Å². The molecule has 3 heteroatoms. The zero-order chi connectivity index (χ0) is 12.4. The van der Waals surface area contributed by atoms with Crippen LogP contribution in [0.4, 0.5) is 0 Å². The van der Waals surface area contributed by atoms with E-state index in [4.69, 9.17) is 10.00 Å². The van der Waals surface area contributed by atoms with Crippen molar-refractivity contribution < 1.29 is 4.74 Å². The Hall–Kier alpha value is -0.590. The maximum absolute atomic E-state index is 8.88. The summed E-state index contributed by atoms with van der Waals surface area (Å²) in [5.41, 5.74) is 0. The van der Waals surface area contributed by atoms with E-state index in [2.05, 4.69) is 25.2 Å². The lowest BCUT2D eigenvalue weighted by Gasteiger charge is -2.14. The average Bonchev–Trinajstić information content (AvgIpc) is 2.20. The van der Waals surface area contributed by atoms with Gasteiger partial charge in [-0.1, -0.05) is 13.8 Å². The Kier molecular flexibility index (Phi) is 9.27. The Balaban J connectivity index is 3.39. The van der Waals surface area contributed by atoms with E-state index in [-0.39, 0.29) is 6.04 Å². The molecule has 0 amide bonds. The van der Waals surface area contributed by atoms with Crippen LogP contribution in [0.15, 0.2) is 0 Å². The molecule has 1 unspecified atom stereocenters. The van der Waals surface area contributed by atoms with Crippen molar-refractivity contribution in [3.63, 3.8) is 0 Å². The van der Waals surface area contributed by atoms with Crippen LogP contribution in [0.3, 0.4) is 0 Å². The molecular weight excluding hydrogens is 200 g/mol. The van der Waals surface area contributed by atoms with Crippen LogP contribution < -0.4 is 5.32 Å². The summed E-state index contributed by atoms with van der Waals surface area (Å²) in [6.07, 6.45) is 3.11. The SMILES string of the molecule is CC(C)CCCOCCC(C#N)NC(C)C. The Labute approximate surface area is 100 Å². The van der Waals surface area contributed by atoms with Gasteiger partial charge in [0.1, 0.15) is 0 Å². The smallest absolute Gasteiger partial charge is 0.0976 e. The largest absolute Gasteiger partial charge is 0.381 e. The number of ether oxygens (including phenoxy) is 1. The fourth-order valence-corrected chi connectivity index (χ4v) is 1.48. The minimum atomic E-state index is -0.0786. The van der Waals surface area contributed by atoms with Crippen LogP contribution in [-0.4, -0.2) is 25.3 Å². The first-order valence-electron chi connectivity index (χ1n) is 6.29. The van der Waals surface area contributed by atoms with E-state index >= 15 is 0 Å². The number of hydrogen-bond acceptors (Lipinski definition) is 3. The first-order chi connectivity index (χ1) is 7.56. The minimum absolute atomic E-state index is 0.0786. The third-order valence-electron chi connectivity index (χ3n) is 2.31. The second-order valence-electron chi connectivity index (χ2n) is 4.94. The molecule has 3 nitrogen and oxygen atoms in total. The van der Waals surface area contributed by atoms with Gasteiger partial charge in [0.25, 0.3) is 0 Å². The van der Waals surface area contributed by atoms with Crippen molar-refractivity contribution in [2.75, 3.05) is 13.2 Å². The molecule has 0 bridgehead atoms. The number of nitrogens with one attached hydrogen (secondary N) is 1. The summed E-state index contributed by atoms with van der Waals surface area (Å²) in [5, 5.41) is 12.1. The third-order valence-corrected chi connectivity index (χ3v) is 2.31. The normalized spacial score (nSPS) is 13.1. The van der Waals surface area contributed by atoms with Gasteiger partial charge in [-0.15, -0.1) is 0 Å². The minimum Gasteiger partial charge on any atom is -0.381 e. The van der Waals surface area contributed by atoms with Crippen LogP contribution >= 0.6 is 0 Å². The Bertz CT molecular complexity index is 197. The van der Waals surface area contributed by atoms with E-state index in [0.29, 0.717) is 12.6 Å². The lowest BCUT2D eigenvalue weighted by molar-refractivity contribution is 0.121. The van der Waals surface area contributed by atoms with Gasteiger partial charge in [-0.05, 0) is 39.0 Å². The fourth-order valence-electron chi connectivity index (χ4n) is 1.48. The van der Waals surface area contributed by atoms with E-state index < -0.39 is 0 Å². The molecule has 0 aliphatic carbocycles. The molecule has 0 heterocycles. The van der Waals surface area contributed by atoms with Gasteiger partial charge in [-0.25, -0.2) is 0 Å². The molecule has 0 saturated carbocycles. The molecule has 0 spiro atoms. The van der Waals surface area contributed by atoms with E-state index in [1.807, 2.05) is 13.8 Å². The van der Waals surface area contributed by atoms with Gasteiger partial charge in [0.05, 0.1) is 12.1 Å². The molecule has 1 atom stereocenters. The summed E-state index contributed by atoms with van der Waals surface area (Å²) >= 11 is 0. The van der Waals surface area contributed by atoms with Gasteiger partial charge < -0.3 is 4.74 Å². The topological polar surface area (TPSA) is 45.0 Å². The summed E-state index contributed by atoms with van der Waals surface area (Å²) < 4.78 is 5.51. The predicted octanol–water partition coefficient (Wildman–Crippen LogP) is 2.72. The highest BCUT2D eigenvalue weighted by atomic mass is 16.5. The highest BCUT2D eigenvalue weighted by Crippen LogP contribution is 2.03. The molecule has 1 N–H and O–H groups in total. The van der Waals surface area contributed by atoms with Gasteiger partial charge in [0.2, 0.25) is 0 Å². The fraction of sp³-hybridized carbons (Fsp3) is 0.923. The van der Waals surface area contributed by atoms with E-state index in [9.17, 15) is 0 Å². The number of nitrogens with zero attached hydrogens (tertiary/aromatic N) is 1.